The number of anilines is 1. The number of carbonyl (C=O) groups excluding carboxylic acids is 2. The van der Waals surface area contributed by atoms with Gasteiger partial charge in [0.05, 0.1) is 6.61 Å². The number of hydrogen-bond acceptors (Lipinski definition) is 5. The Balaban J connectivity index is 1.89. The van der Waals surface area contributed by atoms with Gasteiger partial charge < -0.3 is 15.4 Å². The number of aromatic nitrogens is 1. The molecule has 1 aromatic heterocycles. The highest BCUT2D eigenvalue weighted by atomic mass is 16.5. The average molecular weight is 369 g/mol. The smallest absolute Gasteiger partial charge is 0.325 e. The Morgan fingerprint density at radius 2 is 1.89 bits per heavy atom. The normalized spacial score (nSPS) is 10.4. The Bertz CT molecular complexity index is 734. The van der Waals surface area contributed by atoms with Crippen molar-refractivity contribution in [3.8, 4) is 0 Å². The van der Waals surface area contributed by atoms with Gasteiger partial charge in [-0.2, -0.15) is 0 Å². The van der Waals surface area contributed by atoms with E-state index in [0.717, 1.165) is 17.5 Å². The molecule has 0 spiro atoms. The molecule has 0 bridgehead atoms. The lowest BCUT2D eigenvalue weighted by atomic mass is 10.1. The van der Waals surface area contributed by atoms with Crippen molar-refractivity contribution in [2.24, 2.45) is 0 Å². The van der Waals surface area contributed by atoms with Gasteiger partial charge in [0.15, 0.2) is 0 Å². The van der Waals surface area contributed by atoms with Gasteiger partial charge in [0, 0.05) is 19.2 Å². The van der Waals surface area contributed by atoms with E-state index < -0.39 is 0 Å². The lowest BCUT2D eigenvalue weighted by Gasteiger charge is -2.22. The lowest BCUT2D eigenvalue weighted by Crippen LogP contribution is -2.38. The number of benzene rings is 1. The summed E-state index contributed by atoms with van der Waals surface area (Å²) in [5.41, 5.74) is 7.86. The fourth-order valence-corrected chi connectivity index (χ4v) is 2.81. The Kier molecular flexibility index (Phi) is 8.29. The van der Waals surface area contributed by atoms with Crippen LogP contribution in [0.2, 0.25) is 0 Å². The van der Waals surface area contributed by atoms with Crippen molar-refractivity contribution >= 4 is 17.7 Å². The predicted octanol–water partition coefficient (Wildman–Crippen LogP) is 2.62. The van der Waals surface area contributed by atoms with Crippen LogP contribution in [-0.4, -0.2) is 41.5 Å². The molecule has 1 amide bonds. The summed E-state index contributed by atoms with van der Waals surface area (Å²) in [5, 5.41) is 0. The monoisotopic (exact) mass is 369 g/mol. The summed E-state index contributed by atoms with van der Waals surface area (Å²) < 4.78 is 5.01. The van der Waals surface area contributed by atoms with Gasteiger partial charge in [0.1, 0.15) is 12.4 Å². The van der Waals surface area contributed by atoms with Crippen LogP contribution in [0.3, 0.4) is 0 Å². The number of rotatable bonds is 10. The van der Waals surface area contributed by atoms with Crippen LogP contribution in [0.1, 0.15) is 30.9 Å². The van der Waals surface area contributed by atoms with E-state index in [0.29, 0.717) is 38.2 Å². The molecule has 0 aliphatic carbocycles. The van der Waals surface area contributed by atoms with E-state index in [2.05, 4.69) is 4.98 Å². The number of nitrogen functional groups attached to an aromatic ring is 1. The van der Waals surface area contributed by atoms with Crippen molar-refractivity contribution in [2.75, 3.05) is 25.4 Å². The second-order valence-electron chi connectivity index (χ2n) is 6.30. The Morgan fingerprint density at radius 1 is 1.11 bits per heavy atom. The summed E-state index contributed by atoms with van der Waals surface area (Å²) >= 11 is 0. The quantitative estimate of drug-likeness (QED) is 0.651. The molecule has 0 fully saturated rings. The van der Waals surface area contributed by atoms with Crippen LogP contribution < -0.4 is 5.73 Å². The van der Waals surface area contributed by atoms with Crippen LogP contribution >= 0.6 is 0 Å². The van der Waals surface area contributed by atoms with Gasteiger partial charge in [-0.3, -0.25) is 9.59 Å². The second kappa shape index (κ2) is 11.0. The summed E-state index contributed by atoms with van der Waals surface area (Å²) in [6.45, 7) is 2.54. The van der Waals surface area contributed by atoms with Crippen molar-refractivity contribution in [3.05, 3.63) is 59.8 Å². The highest BCUT2D eigenvalue weighted by molar-refractivity contribution is 5.82. The van der Waals surface area contributed by atoms with E-state index in [1.165, 1.54) is 0 Å². The number of carbonyl (C=O) groups is 2. The molecule has 0 radical (unpaired) electrons. The molecule has 6 nitrogen and oxygen atoms in total. The SMILES string of the molecule is CCOC(=O)CN(CCc1ccccc1)C(=O)CCCc1ccnc(N)c1. The molecule has 0 aliphatic heterocycles. The molecule has 0 saturated heterocycles. The second-order valence-corrected chi connectivity index (χ2v) is 6.30. The fourth-order valence-electron chi connectivity index (χ4n) is 2.81. The topological polar surface area (TPSA) is 85.5 Å². The van der Waals surface area contributed by atoms with E-state index in [9.17, 15) is 9.59 Å². The maximum Gasteiger partial charge on any atom is 0.325 e. The molecule has 2 N–H and O–H groups in total. The Morgan fingerprint density at radius 3 is 2.59 bits per heavy atom. The number of nitrogens with two attached hydrogens (primary N) is 1. The predicted molar refractivity (Wildman–Crippen MR) is 105 cm³/mol. The van der Waals surface area contributed by atoms with E-state index in [1.54, 1.807) is 18.0 Å². The number of pyridine rings is 1. The minimum Gasteiger partial charge on any atom is -0.465 e. The zero-order valence-corrected chi connectivity index (χ0v) is 15.8. The van der Waals surface area contributed by atoms with Crippen molar-refractivity contribution in [1.82, 2.24) is 9.88 Å². The van der Waals surface area contributed by atoms with E-state index >= 15 is 0 Å². The maximum atomic E-state index is 12.6. The van der Waals surface area contributed by atoms with Crippen LogP contribution in [0.4, 0.5) is 5.82 Å². The first-order valence-corrected chi connectivity index (χ1v) is 9.26. The first-order chi connectivity index (χ1) is 13.1. The van der Waals surface area contributed by atoms with E-state index in [4.69, 9.17) is 10.5 Å². The lowest BCUT2D eigenvalue weighted by molar-refractivity contribution is -0.149. The van der Waals surface area contributed by atoms with Gasteiger partial charge in [-0.1, -0.05) is 30.3 Å². The third-order valence-electron chi connectivity index (χ3n) is 4.19. The number of ether oxygens (including phenoxy) is 1. The molecule has 2 aromatic rings. The van der Waals surface area contributed by atoms with E-state index in [1.807, 2.05) is 42.5 Å². The number of esters is 1. The molecule has 0 atom stereocenters. The van der Waals surface area contributed by atoms with Crippen molar-refractivity contribution in [2.45, 2.75) is 32.6 Å². The van der Waals surface area contributed by atoms with Crippen molar-refractivity contribution in [1.29, 1.82) is 0 Å². The van der Waals surface area contributed by atoms with Crippen LogP contribution in [0, 0.1) is 0 Å². The highest BCUT2D eigenvalue weighted by Gasteiger charge is 2.17. The van der Waals surface area contributed by atoms with Gasteiger partial charge in [-0.05, 0) is 49.4 Å². The molecule has 6 heteroatoms. The van der Waals surface area contributed by atoms with E-state index in [-0.39, 0.29) is 18.4 Å². The third kappa shape index (κ3) is 7.48. The zero-order chi connectivity index (χ0) is 19.5. The highest BCUT2D eigenvalue weighted by Crippen LogP contribution is 2.10. The molecule has 2 rings (SSSR count). The number of aryl methyl sites for hydroxylation is 1. The molecular weight excluding hydrogens is 342 g/mol. The first-order valence-electron chi connectivity index (χ1n) is 9.26. The third-order valence-corrected chi connectivity index (χ3v) is 4.19. The first kappa shape index (κ1) is 20.4. The minimum atomic E-state index is -0.374. The Hall–Kier alpha value is -2.89. The summed E-state index contributed by atoms with van der Waals surface area (Å²) in [4.78, 5) is 30.1. The van der Waals surface area contributed by atoms with Crippen LogP contribution in [-0.2, 0) is 27.2 Å². The number of hydrogen-bond donors (Lipinski definition) is 1. The van der Waals surface area contributed by atoms with Gasteiger partial charge in [0.2, 0.25) is 5.91 Å². The molecule has 0 unspecified atom stereocenters. The molecular formula is C21H27N3O3. The Labute approximate surface area is 160 Å². The zero-order valence-electron chi connectivity index (χ0n) is 15.8. The van der Waals surface area contributed by atoms with Crippen LogP contribution in [0.25, 0.3) is 0 Å². The molecule has 1 aromatic carbocycles. The van der Waals surface area contributed by atoms with Gasteiger partial charge in [0.25, 0.3) is 0 Å². The molecule has 27 heavy (non-hydrogen) atoms. The van der Waals surface area contributed by atoms with Gasteiger partial charge in [-0.15, -0.1) is 0 Å². The standard InChI is InChI=1S/C21H27N3O3/c1-2-27-21(26)16-24(14-12-17-7-4-3-5-8-17)20(25)10-6-9-18-11-13-23-19(22)15-18/h3-5,7-8,11,13,15H,2,6,9-10,12,14,16H2,1H3,(H2,22,23). The number of nitrogens with zero attached hydrogens (tertiary/aromatic N) is 2. The fraction of sp³-hybridized carbons (Fsp3) is 0.381. The van der Waals surface area contributed by atoms with Crippen molar-refractivity contribution < 1.29 is 14.3 Å². The van der Waals surface area contributed by atoms with Crippen molar-refractivity contribution in [3.63, 3.8) is 0 Å². The maximum absolute atomic E-state index is 12.6. The van der Waals surface area contributed by atoms with Gasteiger partial charge >= 0.3 is 5.97 Å². The van der Waals surface area contributed by atoms with Crippen LogP contribution in [0.15, 0.2) is 48.7 Å². The molecule has 0 aliphatic rings. The average Bonchev–Trinajstić information content (AvgIpc) is 2.66. The number of amides is 1. The molecule has 1 heterocycles. The van der Waals surface area contributed by atoms with Crippen LogP contribution in [0.5, 0.6) is 0 Å². The minimum absolute atomic E-state index is 0.0122. The molecule has 144 valence electrons. The van der Waals surface area contributed by atoms with Gasteiger partial charge in [-0.25, -0.2) is 4.98 Å². The molecule has 0 saturated carbocycles. The largest absolute Gasteiger partial charge is 0.465 e. The summed E-state index contributed by atoms with van der Waals surface area (Å²) in [6, 6.07) is 13.6. The summed E-state index contributed by atoms with van der Waals surface area (Å²) in [6.07, 6.45) is 4.17. The summed E-state index contributed by atoms with van der Waals surface area (Å²) in [5.74, 6) is 0.0625. The summed E-state index contributed by atoms with van der Waals surface area (Å²) in [7, 11) is 0.